The first kappa shape index (κ1) is 10.9. The number of hydrogen-bond acceptors (Lipinski definition) is 4. The Kier molecular flexibility index (Phi) is 2.48. The number of carbonyl (C=O) groups excluding carboxylic acids is 1. The summed E-state index contributed by atoms with van der Waals surface area (Å²) in [6.07, 6.45) is -0.920. The molecule has 2 rings (SSSR count). The SMILES string of the molecule is CO[C@@H]1CN(C)C(=O)[C@@H]2OC(C)(C)O[C@H]12. The summed E-state index contributed by atoms with van der Waals surface area (Å²) in [7, 11) is 3.37. The van der Waals surface area contributed by atoms with Gasteiger partial charge in [-0.05, 0) is 13.8 Å². The maximum atomic E-state index is 11.8. The zero-order valence-electron chi connectivity index (χ0n) is 9.52. The molecule has 2 aliphatic heterocycles. The van der Waals surface area contributed by atoms with Crippen LogP contribution in [-0.4, -0.2) is 55.6 Å². The molecule has 2 aliphatic rings. The molecule has 0 aromatic rings. The third kappa shape index (κ3) is 1.75. The Hall–Kier alpha value is -0.650. The minimum absolute atomic E-state index is 0.0288. The van der Waals surface area contributed by atoms with E-state index < -0.39 is 11.9 Å². The van der Waals surface area contributed by atoms with Gasteiger partial charge in [0.1, 0.15) is 12.2 Å². The molecular weight excluding hydrogens is 198 g/mol. The van der Waals surface area contributed by atoms with Gasteiger partial charge < -0.3 is 19.1 Å². The molecule has 2 heterocycles. The Morgan fingerprint density at radius 2 is 2.13 bits per heavy atom. The second kappa shape index (κ2) is 3.43. The Morgan fingerprint density at radius 3 is 2.73 bits per heavy atom. The summed E-state index contributed by atoms with van der Waals surface area (Å²) >= 11 is 0. The van der Waals surface area contributed by atoms with Crippen molar-refractivity contribution in [2.75, 3.05) is 20.7 Å². The molecule has 3 atom stereocenters. The monoisotopic (exact) mass is 215 g/mol. The van der Waals surface area contributed by atoms with Crippen LogP contribution >= 0.6 is 0 Å². The molecule has 1 amide bonds. The van der Waals surface area contributed by atoms with Gasteiger partial charge in [-0.25, -0.2) is 0 Å². The molecule has 2 fully saturated rings. The van der Waals surface area contributed by atoms with Crippen LogP contribution < -0.4 is 0 Å². The average molecular weight is 215 g/mol. The maximum Gasteiger partial charge on any atom is 0.254 e. The van der Waals surface area contributed by atoms with Crippen LogP contribution in [0.4, 0.5) is 0 Å². The van der Waals surface area contributed by atoms with Crippen molar-refractivity contribution in [1.29, 1.82) is 0 Å². The van der Waals surface area contributed by atoms with Gasteiger partial charge in [0, 0.05) is 20.7 Å². The Balaban J connectivity index is 2.22. The molecule has 0 bridgehead atoms. The van der Waals surface area contributed by atoms with Crippen LogP contribution in [0.1, 0.15) is 13.8 Å². The van der Waals surface area contributed by atoms with Gasteiger partial charge in [0.05, 0.1) is 0 Å². The number of nitrogens with zero attached hydrogens (tertiary/aromatic N) is 1. The second-order valence-corrected chi connectivity index (χ2v) is 4.51. The molecule has 0 aliphatic carbocycles. The molecule has 5 nitrogen and oxygen atoms in total. The lowest BCUT2D eigenvalue weighted by atomic mass is 10.0. The number of ether oxygens (including phenoxy) is 3. The molecule has 0 unspecified atom stereocenters. The Morgan fingerprint density at radius 1 is 1.47 bits per heavy atom. The van der Waals surface area contributed by atoms with E-state index in [1.165, 1.54) is 0 Å². The van der Waals surface area contributed by atoms with Gasteiger partial charge in [-0.3, -0.25) is 4.79 Å². The van der Waals surface area contributed by atoms with E-state index in [4.69, 9.17) is 14.2 Å². The molecule has 0 saturated carbocycles. The molecule has 5 heteroatoms. The highest BCUT2D eigenvalue weighted by molar-refractivity contribution is 5.82. The largest absolute Gasteiger partial charge is 0.377 e. The molecule has 0 aromatic heterocycles. The third-order valence-electron chi connectivity index (χ3n) is 2.87. The minimum atomic E-state index is -0.701. The first-order chi connectivity index (χ1) is 6.94. The van der Waals surface area contributed by atoms with Crippen molar-refractivity contribution in [2.45, 2.75) is 37.9 Å². The van der Waals surface area contributed by atoms with Crippen LogP contribution in [0.15, 0.2) is 0 Å². The van der Waals surface area contributed by atoms with Crippen LogP contribution in [0.5, 0.6) is 0 Å². The van der Waals surface area contributed by atoms with Crippen molar-refractivity contribution in [3.63, 3.8) is 0 Å². The molecule has 0 spiro atoms. The first-order valence-electron chi connectivity index (χ1n) is 5.08. The normalized spacial score (nSPS) is 39.3. The van der Waals surface area contributed by atoms with Gasteiger partial charge in [0.15, 0.2) is 11.9 Å². The number of likely N-dealkylation sites (N-methyl/N-ethyl adjacent to an activating group) is 1. The summed E-state index contributed by atoms with van der Waals surface area (Å²) in [6, 6.07) is 0. The van der Waals surface area contributed by atoms with Gasteiger partial charge in [-0.2, -0.15) is 0 Å². The summed E-state index contributed by atoms with van der Waals surface area (Å²) < 4.78 is 16.6. The van der Waals surface area contributed by atoms with E-state index >= 15 is 0 Å². The summed E-state index contributed by atoms with van der Waals surface area (Å²) in [5.74, 6) is -0.730. The standard InChI is InChI=1S/C10H17NO4/c1-10(2)14-7-6(13-4)5-11(3)9(12)8(7)15-10/h6-8H,5H2,1-4H3/t6-,7-,8-/m1/s1. The highest BCUT2D eigenvalue weighted by Gasteiger charge is 2.52. The average Bonchev–Trinajstić information content (AvgIpc) is 2.48. The summed E-state index contributed by atoms with van der Waals surface area (Å²) in [5.41, 5.74) is 0. The van der Waals surface area contributed by atoms with Gasteiger partial charge >= 0.3 is 0 Å². The molecule has 0 aromatic carbocycles. The first-order valence-corrected chi connectivity index (χ1v) is 5.08. The van der Waals surface area contributed by atoms with Crippen molar-refractivity contribution in [3.05, 3.63) is 0 Å². The lowest BCUT2D eigenvalue weighted by Gasteiger charge is -2.35. The topological polar surface area (TPSA) is 48.0 Å². The fourth-order valence-corrected chi connectivity index (χ4v) is 2.14. The molecular formula is C10H17NO4. The third-order valence-corrected chi connectivity index (χ3v) is 2.87. The zero-order chi connectivity index (χ0) is 11.2. The number of fused-ring (bicyclic) bond motifs is 1. The van der Waals surface area contributed by atoms with Crippen LogP contribution in [-0.2, 0) is 19.0 Å². The molecule has 0 N–H and O–H groups in total. The zero-order valence-corrected chi connectivity index (χ0v) is 9.52. The summed E-state index contributed by atoms with van der Waals surface area (Å²) in [5, 5.41) is 0. The highest BCUT2D eigenvalue weighted by Crippen LogP contribution is 2.34. The van der Waals surface area contributed by atoms with Crippen LogP contribution in [0.2, 0.25) is 0 Å². The fourth-order valence-electron chi connectivity index (χ4n) is 2.14. The van der Waals surface area contributed by atoms with Gasteiger partial charge in [0.25, 0.3) is 5.91 Å². The smallest absolute Gasteiger partial charge is 0.254 e. The van der Waals surface area contributed by atoms with E-state index in [9.17, 15) is 4.79 Å². The predicted molar refractivity (Wildman–Crippen MR) is 52.3 cm³/mol. The number of hydrogen-bond donors (Lipinski definition) is 0. The van der Waals surface area contributed by atoms with E-state index in [1.807, 2.05) is 13.8 Å². The second-order valence-electron chi connectivity index (χ2n) is 4.51. The number of carbonyl (C=O) groups is 1. The van der Waals surface area contributed by atoms with Crippen molar-refractivity contribution < 1.29 is 19.0 Å². The number of piperidine rings is 1. The van der Waals surface area contributed by atoms with Crippen molar-refractivity contribution in [3.8, 4) is 0 Å². The van der Waals surface area contributed by atoms with E-state index in [-0.39, 0.29) is 18.1 Å². The molecule has 2 saturated heterocycles. The molecule has 86 valence electrons. The Bertz CT molecular complexity index is 279. The van der Waals surface area contributed by atoms with Crippen LogP contribution in [0, 0.1) is 0 Å². The van der Waals surface area contributed by atoms with Gasteiger partial charge in [-0.15, -0.1) is 0 Å². The van der Waals surface area contributed by atoms with Gasteiger partial charge in [-0.1, -0.05) is 0 Å². The Labute approximate surface area is 89.3 Å². The quantitative estimate of drug-likeness (QED) is 0.617. The van der Waals surface area contributed by atoms with Crippen molar-refractivity contribution >= 4 is 5.91 Å². The minimum Gasteiger partial charge on any atom is -0.377 e. The number of amides is 1. The lowest BCUT2D eigenvalue weighted by molar-refractivity contribution is -0.158. The molecule has 0 radical (unpaired) electrons. The molecule has 15 heavy (non-hydrogen) atoms. The lowest BCUT2D eigenvalue weighted by Crippen LogP contribution is -2.56. The summed E-state index contributed by atoms with van der Waals surface area (Å²) in [6.45, 7) is 4.17. The number of methoxy groups -OCH3 is 1. The predicted octanol–water partition coefficient (Wildman–Crippen LogP) is -0.00650. The fraction of sp³-hybridized carbons (Fsp3) is 0.900. The van der Waals surface area contributed by atoms with E-state index in [2.05, 4.69) is 0 Å². The maximum absolute atomic E-state index is 11.8. The number of rotatable bonds is 1. The van der Waals surface area contributed by atoms with Crippen molar-refractivity contribution in [2.24, 2.45) is 0 Å². The van der Waals surface area contributed by atoms with Crippen LogP contribution in [0.3, 0.4) is 0 Å². The van der Waals surface area contributed by atoms with Crippen molar-refractivity contribution in [1.82, 2.24) is 4.90 Å². The van der Waals surface area contributed by atoms with Crippen LogP contribution in [0.25, 0.3) is 0 Å². The summed E-state index contributed by atoms with van der Waals surface area (Å²) in [4.78, 5) is 13.4. The van der Waals surface area contributed by atoms with E-state index in [0.717, 1.165) is 0 Å². The van der Waals surface area contributed by atoms with Gasteiger partial charge in [0.2, 0.25) is 0 Å². The highest BCUT2D eigenvalue weighted by atomic mass is 16.8. The van der Waals surface area contributed by atoms with E-state index in [0.29, 0.717) is 6.54 Å². The van der Waals surface area contributed by atoms with E-state index in [1.54, 1.807) is 19.1 Å². The number of likely N-dealkylation sites (tertiary alicyclic amines) is 1.